The van der Waals surface area contributed by atoms with E-state index in [0.29, 0.717) is 0 Å². The Bertz CT molecular complexity index is 423. The molecule has 0 fully saturated rings. The van der Waals surface area contributed by atoms with Gasteiger partial charge in [0.2, 0.25) is 5.82 Å². The largest absolute Gasteiger partial charge is 0.503 e. The second kappa shape index (κ2) is 4.15. The van der Waals surface area contributed by atoms with E-state index in [-0.39, 0.29) is 11.5 Å². The third kappa shape index (κ3) is 1.77. The molecule has 0 saturated heterocycles. The van der Waals surface area contributed by atoms with Gasteiger partial charge in [-0.15, -0.1) is 0 Å². The van der Waals surface area contributed by atoms with Gasteiger partial charge in [0.05, 0.1) is 5.56 Å². The van der Waals surface area contributed by atoms with Crippen LogP contribution >= 0.6 is 0 Å². The summed E-state index contributed by atoms with van der Waals surface area (Å²) in [6, 6.07) is 0. The maximum Gasteiger partial charge on any atom is 0.206 e. The summed E-state index contributed by atoms with van der Waals surface area (Å²) in [6.07, 6.45) is 0. The zero-order valence-corrected chi connectivity index (χ0v) is 8.74. The number of phenolic OH excluding ortho intramolecular Hbond substituents is 1. The molecule has 0 heterocycles. The van der Waals surface area contributed by atoms with E-state index in [1.54, 1.807) is 13.8 Å². The SMILES string of the molecule is C=C(c1c(F)c(O)c(F)c(F)c1F)C(C)C. The van der Waals surface area contributed by atoms with Crippen LogP contribution in [0.1, 0.15) is 19.4 Å². The average molecular weight is 234 g/mol. The highest BCUT2D eigenvalue weighted by Gasteiger charge is 2.27. The predicted octanol–water partition coefficient (Wildman–Crippen LogP) is 3.62. The molecule has 0 aliphatic heterocycles. The third-order valence-electron chi connectivity index (χ3n) is 2.26. The van der Waals surface area contributed by atoms with Crippen LogP contribution in [0.2, 0.25) is 0 Å². The fraction of sp³-hybridized carbons (Fsp3) is 0.273. The molecular formula is C11H10F4O. The van der Waals surface area contributed by atoms with E-state index in [2.05, 4.69) is 6.58 Å². The summed E-state index contributed by atoms with van der Waals surface area (Å²) in [5.41, 5.74) is -0.865. The summed E-state index contributed by atoms with van der Waals surface area (Å²) < 4.78 is 52.3. The predicted molar refractivity (Wildman–Crippen MR) is 51.8 cm³/mol. The Balaban J connectivity index is 3.58. The standard InChI is InChI=1S/C11H10F4O/c1-4(2)5(3)6-7(12)9(14)10(15)11(16)8(6)13/h4,16H,3H2,1-2H3. The van der Waals surface area contributed by atoms with Crippen molar-refractivity contribution in [3.8, 4) is 5.75 Å². The molecule has 1 N–H and O–H groups in total. The van der Waals surface area contributed by atoms with E-state index in [1.165, 1.54) is 0 Å². The van der Waals surface area contributed by atoms with Gasteiger partial charge in [-0.2, -0.15) is 4.39 Å². The molecule has 0 saturated carbocycles. The lowest BCUT2D eigenvalue weighted by molar-refractivity contribution is 0.356. The summed E-state index contributed by atoms with van der Waals surface area (Å²) >= 11 is 0. The smallest absolute Gasteiger partial charge is 0.206 e. The Hall–Kier alpha value is -1.52. The van der Waals surface area contributed by atoms with E-state index in [4.69, 9.17) is 5.11 Å². The number of benzene rings is 1. The molecule has 0 atom stereocenters. The maximum atomic E-state index is 13.4. The van der Waals surface area contributed by atoms with Crippen molar-refractivity contribution in [2.24, 2.45) is 5.92 Å². The van der Waals surface area contributed by atoms with Gasteiger partial charge >= 0.3 is 0 Å². The molecule has 5 heteroatoms. The second-order valence-electron chi connectivity index (χ2n) is 3.66. The first kappa shape index (κ1) is 12.5. The normalized spacial score (nSPS) is 10.9. The quantitative estimate of drug-likeness (QED) is 0.470. The molecule has 0 unspecified atom stereocenters. The van der Waals surface area contributed by atoms with Crippen LogP contribution in [0.4, 0.5) is 17.6 Å². The Kier molecular flexibility index (Phi) is 3.26. The zero-order chi connectivity index (χ0) is 12.6. The van der Waals surface area contributed by atoms with Crippen molar-refractivity contribution in [1.29, 1.82) is 0 Å². The lowest BCUT2D eigenvalue weighted by Crippen LogP contribution is -2.05. The second-order valence-corrected chi connectivity index (χ2v) is 3.66. The van der Waals surface area contributed by atoms with Crippen LogP contribution in [-0.4, -0.2) is 5.11 Å². The van der Waals surface area contributed by atoms with Gasteiger partial charge < -0.3 is 5.11 Å². The molecule has 0 aliphatic carbocycles. The van der Waals surface area contributed by atoms with Crippen molar-refractivity contribution in [3.05, 3.63) is 35.4 Å². The van der Waals surface area contributed by atoms with Gasteiger partial charge in [-0.05, 0) is 11.5 Å². The highest BCUT2D eigenvalue weighted by molar-refractivity contribution is 5.67. The van der Waals surface area contributed by atoms with Gasteiger partial charge in [0.1, 0.15) is 0 Å². The minimum Gasteiger partial charge on any atom is -0.503 e. The Labute approximate surface area is 90.0 Å². The average Bonchev–Trinajstić information content (AvgIpc) is 2.23. The molecule has 1 nitrogen and oxygen atoms in total. The number of aromatic hydroxyl groups is 1. The van der Waals surface area contributed by atoms with Crippen LogP contribution in [0.5, 0.6) is 5.75 Å². The van der Waals surface area contributed by atoms with Gasteiger partial charge in [0, 0.05) is 0 Å². The van der Waals surface area contributed by atoms with Gasteiger partial charge in [-0.3, -0.25) is 0 Å². The number of halogens is 4. The van der Waals surface area contributed by atoms with E-state index < -0.39 is 34.6 Å². The van der Waals surface area contributed by atoms with Crippen molar-refractivity contribution in [3.63, 3.8) is 0 Å². The lowest BCUT2D eigenvalue weighted by atomic mass is 9.95. The number of allylic oxidation sites excluding steroid dienone is 1. The Morgan fingerprint density at radius 2 is 1.50 bits per heavy atom. The Morgan fingerprint density at radius 3 is 1.94 bits per heavy atom. The first-order valence-corrected chi connectivity index (χ1v) is 4.53. The lowest BCUT2D eigenvalue weighted by Gasteiger charge is -2.13. The minimum absolute atomic E-state index is 0.0517. The molecule has 0 spiro atoms. The van der Waals surface area contributed by atoms with Crippen LogP contribution in [-0.2, 0) is 0 Å². The van der Waals surface area contributed by atoms with E-state index in [9.17, 15) is 17.6 Å². The fourth-order valence-electron chi connectivity index (χ4n) is 1.19. The van der Waals surface area contributed by atoms with Crippen molar-refractivity contribution in [2.45, 2.75) is 13.8 Å². The summed E-state index contributed by atoms with van der Waals surface area (Å²) in [7, 11) is 0. The van der Waals surface area contributed by atoms with E-state index in [0.717, 1.165) is 0 Å². The monoisotopic (exact) mass is 234 g/mol. The molecule has 16 heavy (non-hydrogen) atoms. The highest BCUT2D eigenvalue weighted by Crippen LogP contribution is 2.34. The fourth-order valence-corrected chi connectivity index (χ4v) is 1.19. The maximum absolute atomic E-state index is 13.4. The highest BCUT2D eigenvalue weighted by atomic mass is 19.2. The summed E-state index contributed by atoms with van der Waals surface area (Å²) in [5.74, 6) is -8.95. The van der Waals surface area contributed by atoms with E-state index >= 15 is 0 Å². The summed E-state index contributed by atoms with van der Waals surface area (Å²) in [5, 5.41) is 8.93. The summed E-state index contributed by atoms with van der Waals surface area (Å²) in [6.45, 7) is 6.54. The number of rotatable bonds is 2. The van der Waals surface area contributed by atoms with Crippen molar-refractivity contribution in [2.75, 3.05) is 0 Å². The van der Waals surface area contributed by atoms with Crippen LogP contribution < -0.4 is 0 Å². The van der Waals surface area contributed by atoms with Gasteiger partial charge in [0.25, 0.3) is 0 Å². The first-order valence-electron chi connectivity index (χ1n) is 4.53. The molecule has 0 radical (unpaired) electrons. The minimum atomic E-state index is -1.93. The van der Waals surface area contributed by atoms with Crippen LogP contribution in [0.3, 0.4) is 0 Å². The first-order chi connectivity index (χ1) is 7.29. The topological polar surface area (TPSA) is 20.2 Å². The molecular weight excluding hydrogens is 224 g/mol. The number of phenols is 1. The van der Waals surface area contributed by atoms with Crippen molar-refractivity contribution >= 4 is 5.57 Å². The number of hydrogen-bond donors (Lipinski definition) is 1. The third-order valence-corrected chi connectivity index (χ3v) is 2.26. The zero-order valence-electron chi connectivity index (χ0n) is 8.74. The Morgan fingerprint density at radius 1 is 1.00 bits per heavy atom. The molecule has 0 amide bonds. The molecule has 0 aliphatic rings. The van der Waals surface area contributed by atoms with Crippen LogP contribution in [0.15, 0.2) is 6.58 Å². The summed E-state index contributed by atoms with van der Waals surface area (Å²) in [4.78, 5) is 0. The van der Waals surface area contributed by atoms with Crippen molar-refractivity contribution in [1.82, 2.24) is 0 Å². The van der Waals surface area contributed by atoms with Crippen LogP contribution in [0.25, 0.3) is 5.57 Å². The molecule has 0 aromatic heterocycles. The van der Waals surface area contributed by atoms with Gasteiger partial charge in [-0.1, -0.05) is 20.4 Å². The molecule has 0 bridgehead atoms. The van der Waals surface area contributed by atoms with Crippen molar-refractivity contribution < 1.29 is 22.7 Å². The number of hydrogen-bond acceptors (Lipinski definition) is 1. The molecule has 1 aromatic carbocycles. The van der Waals surface area contributed by atoms with Gasteiger partial charge in [0.15, 0.2) is 23.2 Å². The van der Waals surface area contributed by atoms with Crippen LogP contribution in [0, 0.1) is 29.2 Å². The molecule has 1 rings (SSSR count). The molecule has 1 aromatic rings. The van der Waals surface area contributed by atoms with E-state index in [1.807, 2.05) is 0 Å². The molecule has 88 valence electrons. The van der Waals surface area contributed by atoms with Gasteiger partial charge in [-0.25, -0.2) is 13.2 Å².